The molecule has 1 rings (SSSR count). The fraction of sp³-hybridized carbons (Fsp3) is 0.750. The molecule has 0 aliphatic rings. The highest BCUT2D eigenvalue weighted by atomic mass is 16.3. The number of aromatic nitrogens is 2. The van der Waals surface area contributed by atoms with E-state index in [-0.39, 0.29) is 26.4 Å². The van der Waals surface area contributed by atoms with Crippen molar-refractivity contribution in [2.24, 2.45) is 0 Å². The average molecular weight is 342 g/mol. The molecule has 0 radical (unpaired) electrons. The summed E-state index contributed by atoms with van der Waals surface area (Å²) in [6.07, 6.45) is 3.29. The molecule has 24 heavy (non-hydrogen) atoms. The minimum atomic E-state index is -0.735. The van der Waals surface area contributed by atoms with Crippen molar-refractivity contribution < 1.29 is 20.4 Å². The second-order valence-corrected chi connectivity index (χ2v) is 6.84. The smallest absolute Gasteiger partial charge is 0.0730 e. The fourth-order valence-electron chi connectivity index (χ4n) is 2.05. The van der Waals surface area contributed by atoms with Gasteiger partial charge in [-0.3, -0.25) is 19.8 Å². The van der Waals surface area contributed by atoms with Crippen LogP contribution in [-0.2, 0) is 13.1 Å². The molecule has 1 aromatic heterocycles. The van der Waals surface area contributed by atoms with Crippen molar-refractivity contribution in [2.45, 2.75) is 38.0 Å². The molecule has 138 valence electrons. The summed E-state index contributed by atoms with van der Waals surface area (Å²) in [6.45, 7) is 3.74. The van der Waals surface area contributed by atoms with Gasteiger partial charge in [-0.1, -0.05) is 0 Å². The molecule has 0 saturated carbocycles. The van der Waals surface area contributed by atoms with Crippen LogP contribution in [-0.4, -0.2) is 91.8 Å². The number of rotatable bonds is 10. The summed E-state index contributed by atoms with van der Waals surface area (Å²) in [6, 6.07) is 0. The van der Waals surface area contributed by atoms with Gasteiger partial charge in [0.2, 0.25) is 0 Å². The Labute approximate surface area is 143 Å². The lowest BCUT2D eigenvalue weighted by atomic mass is 10.0. The van der Waals surface area contributed by atoms with Crippen molar-refractivity contribution in [2.75, 3.05) is 40.5 Å². The fourth-order valence-corrected chi connectivity index (χ4v) is 2.05. The Morgan fingerprint density at radius 3 is 1.42 bits per heavy atom. The number of hydrogen-bond donors (Lipinski definition) is 4. The Balaban J connectivity index is 2.84. The molecule has 0 aliphatic carbocycles. The van der Waals surface area contributed by atoms with Crippen LogP contribution in [0.4, 0.5) is 0 Å². The molecular formula is C16H30N4O4. The standard InChI is InChI=1S/C16H30N4O4/c1-15(9-21,10-22)19(3)7-13-5-17-6-14(18-13)8-20(4)16(2,11-23)12-24/h5-6,21-24H,7-12H2,1-4H3. The number of likely N-dealkylation sites (N-methyl/N-ethyl adjacent to an activating group) is 2. The molecule has 4 N–H and O–H groups in total. The third kappa shape index (κ3) is 4.92. The van der Waals surface area contributed by atoms with Gasteiger partial charge in [-0.25, -0.2) is 0 Å². The Morgan fingerprint density at radius 2 is 1.12 bits per heavy atom. The van der Waals surface area contributed by atoms with Crippen molar-refractivity contribution in [1.29, 1.82) is 0 Å². The molecule has 1 heterocycles. The number of hydrogen-bond acceptors (Lipinski definition) is 8. The van der Waals surface area contributed by atoms with Crippen molar-refractivity contribution in [1.82, 2.24) is 19.8 Å². The van der Waals surface area contributed by atoms with E-state index in [9.17, 15) is 20.4 Å². The van der Waals surface area contributed by atoms with Gasteiger partial charge in [0.05, 0.1) is 48.9 Å². The largest absolute Gasteiger partial charge is 0.394 e. The van der Waals surface area contributed by atoms with E-state index in [1.54, 1.807) is 26.2 Å². The lowest BCUT2D eigenvalue weighted by molar-refractivity contribution is 0.00850. The average Bonchev–Trinajstić information content (AvgIpc) is 2.60. The van der Waals surface area contributed by atoms with E-state index in [4.69, 9.17) is 0 Å². The summed E-state index contributed by atoms with van der Waals surface area (Å²) < 4.78 is 0. The minimum absolute atomic E-state index is 0.165. The molecule has 8 nitrogen and oxygen atoms in total. The monoisotopic (exact) mass is 342 g/mol. The number of aliphatic hydroxyl groups excluding tert-OH is 4. The third-order valence-electron chi connectivity index (χ3n) is 4.74. The van der Waals surface area contributed by atoms with Crippen LogP contribution in [0.15, 0.2) is 12.4 Å². The van der Waals surface area contributed by atoms with Crippen molar-refractivity contribution >= 4 is 0 Å². The summed E-state index contributed by atoms with van der Waals surface area (Å²) >= 11 is 0. The first-order valence-corrected chi connectivity index (χ1v) is 7.90. The molecule has 8 heteroatoms. The summed E-state index contributed by atoms with van der Waals surface area (Å²) in [5, 5.41) is 37.8. The van der Waals surface area contributed by atoms with E-state index < -0.39 is 11.1 Å². The van der Waals surface area contributed by atoms with Gasteiger partial charge < -0.3 is 20.4 Å². The predicted octanol–water partition coefficient (Wildman–Crippen LogP) is -1.17. The van der Waals surface area contributed by atoms with Crippen LogP contribution in [0.1, 0.15) is 25.2 Å². The van der Waals surface area contributed by atoms with Gasteiger partial charge in [0.25, 0.3) is 0 Å². The SMILES string of the molecule is CN(Cc1cncc(CN(C)C(C)(CO)CO)n1)C(C)(CO)CO. The molecule has 0 aliphatic heterocycles. The first-order chi connectivity index (χ1) is 11.2. The highest BCUT2D eigenvalue weighted by Crippen LogP contribution is 2.16. The first kappa shape index (κ1) is 20.9. The van der Waals surface area contributed by atoms with E-state index in [1.165, 1.54) is 0 Å². The van der Waals surface area contributed by atoms with Crippen LogP contribution >= 0.6 is 0 Å². The quantitative estimate of drug-likeness (QED) is 0.421. The van der Waals surface area contributed by atoms with Crippen LogP contribution in [0.2, 0.25) is 0 Å². The van der Waals surface area contributed by atoms with E-state index >= 15 is 0 Å². The van der Waals surface area contributed by atoms with Crippen LogP contribution in [0.3, 0.4) is 0 Å². The van der Waals surface area contributed by atoms with Gasteiger partial charge in [0, 0.05) is 25.5 Å². The minimum Gasteiger partial charge on any atom is -0.394 e. The van der Waals surface area contributed by atoms with Crippen molar-refractivity contribution in [3.63, 3.8) is 0 Å². The zero-order valence-electron chi connectivity index (χ0n) is 15.0. The summed E-state index contributed by atoms with van der Waals surface area (Å²) in [4.78, 5) is 12.4. The zero-order valence-corrected chi connectivity index (χ0v) is 15.0. The second-order valence-electron chi connectivity index (χ2n) is 6.84. The highest BCUT2D eigenvalue weighted by Gasteiger charge is 2.29. The molecule has 0 aromatic carbocycles. The van der Waals surface area contributed by atoms with Crippen molar-refractivity contribution in [3.8, 4) is 0 Å². The van der Waals surface area contributed by atoms with Gasteiger partial charge in [-0.05, 0) is 27.9 Å². The number of nitrogens with zero attached hydrogens (tertiary/aromatic N) is 4. The van der Waals surface area contributed by atoms with E-state index in [0.29, 0.717) is 24.5 Å². The highest BCUT2D eigenvalue weighted by molar-refractivity contribution is 5.05. The Hall–Kier alpha value is -1.16. The van der Waals surface area contributed by atoms with Gasteiger partial charge in [-0.2, -0.15) is 0 Å². The van der Waals surface area contributed by atoms with E-state index in [2.05, 4.69) is 9.97 Å². The van der Waals surface area contributed by atoms with E-state index in [1.807, 2.05) is 23.9 Å². The molecule has 1 aromatic rings. The molecule has 0 saturated heterocycles. The predicted molar refractivity (Wildman–Crippen MR) is 90.1 cm³/mol. The van der Waals surface area contributed by atoms with Crippen molar-refractivity contribution in [3.05, 3.63) is 23.8 Å². The van der Waals surface area contributed by atoms with Gasteiger partial charge in [0.15, 0.2) is 0 Å². The molecule has 0 bridgehead atoms. The Bertz CT molecular complexity index is 465. The molecule has 0 spiro atoms. The van der Waals surface area contributed by atoms with E-state index in [0.717, 1.165) is 0 Å². The lowest BCUT2D eigenvalue weighted by Gasteiger charge is -2.36. The Morgan fingerprint density at radius 1 is 0.792 bits per heavy atom. The second kappa shape index (κ2) is 8.80. The summed E-state index contributed by atoms with van der Waals surface area (Å²) in [7, 11) is 3.61. The van der Waals surface area contributed by atoms with Crippen LogP contribution < -0.4 is 0 Å². The maximum Gasteiger partial charge on any atom is 0.0730 e. The molecular weight excluding hydrogens is 312 g/mol. The first-order valence-electron chi connectivity index (χ1n) is 7.90. The molecule has 0 atom stereocenters. The number of aliphatic hydroxyl groups is 4. The molecule has 0 fully saturated rings. The lowest BCUT2D eigenvalue weighted by Crippen LogP contribution is -2.50. The maximum absolute atomic E-state index is 9.46. The van der Waals surface area contributed by atoms with Gasteiger partial charge >= 0.3 is 0 Å². The van der Waals surface area contributed by atoms with Gasteiger partial charge in [-0.15, -0.1) is 0 Å². The molecule has 0 unspecified atom stereocenters. The van der Waals surface area contributed by atoms with Crippen LogP contribution in [0.25, 0.3) is 0 Å². The summed E-state index contributed by atoms with van der Waals surface area (Å²) in [5.41, 5.74) is -0.0424. The normalized spacial score (nSPS) is 13.1. The summed E-state index contributed by atoms with van der Waals surface area (Å²) in [5.74, 6) is 0. The maximum atomic E-state index is 9.46. The topological polar surface area (TPSA) is 113 Å². The zero-order chi connectivity index (χ0) is 18.4. The Kier molecular flexibility index (Phi) is 7.65. The van der Waals surface area contributed by atoms with Gasteiger partial charge in [0.1, 0.15) is 0 Å². The molecule has 0 amide bonds. The van der Waals surface area contributed by atoms with Crippen LogP contribution in [0, 0.1) is 0 Å². The van der Waals surface area contributed by atoms with Crippen LogP contribution in [0.5, 0.6) is 0 Å². The third-order valence-corrected chi connectivity index (χ3v) is 4.74.